The summed E-state index contributed by atoms with van der Waals surface area (Å²) >= 11 is 0. The molecule has 0 bridgehead atoms. The summed E-state index contributed by atoms with van der Waals surface area (Å²) in [6.45, 7) is 3.21. The molecule has 9 nitrogen and oxygen atoms in total. The lowest BCUT2D eigenvalue weighted by Crippen LogP contribution is -2.69. The lowest BCUT2D eigenvalue weighted by Gasteiger charge is -2.46. The summed E-state index contributed by atoms with van der Waals surface area (Å²) in [5.41, 5.74) is 6.71. The van der Waals surface area contributed by atoms with Crippen LogP contribution < -0.4 is 10.6 Å². The van der Waals surface area contributed by atoms with Crippen molar-refractivity contribution in [2.45, 2.75) is 45.1 Å². The van der Waals surface area contributed by atoms with E-state index < -0.39 is 47.2 Å². The minimum Gasteiger partial charge on any atom is -0.384 e. The summed E-state index contributed by atoms with van der Waals surface area (Å²) in [5.74, 6) is -4.28. The van der Waals surface area contributed by atoms with Gasteiger partial charge in [-0.05, 0) is 54.5 Å². The van der Waals surface area contributed by atoms with E-state index in [9.17, 15) is 23.2 Å². The molecule has 3 atom stereocenters. The van der Waals surface area contributed by atoms with E-state index in [-0.39, 0.29) is 29.8 Å². The Morgan fingerprint density at radius 1 is 1.16 bits per heavy atom. The summed E-state index contributed by atoms with van der Waals surface area (Å²) in [6, 6.07) is 6.80. The van der Waals surface area contributed by atoms with Gasteiger partial charge in [-0.15, -0.1) is 0 Å². The fourth-order valence-electron chi connectivity index (χ4n) is 4.95. The zero-order chi connectivity index (χ0) is 27.7. The number of carbonyl (C=O) groups excluding carboxylic acids is 3. The first-order valence-electron chi connectivity index (χ1n) is 12.3. The van der Waals surface area contributed by atoms with Crippen LogP contribution in [0.2, 0.25) is 0 Å². The Morgan fingerprint density at radius 2 is 1.89 bits per heavy atom. The molecule has 2 aromatic heterocycles. The molecule has 0 saturated carbocycles. The van der Waals surface area contributed by atoms with Gasteiger partial charge < -0.3 is 5.73 Å². The van der Waals surface area contributed by atoms with Crippen molar-refractivity contribution in [2.75, 3.05) is 17.7 Å². The molecule has 0 aliphatic carbocycles. The van der Waals surface area contributed by atoms with Gasteiger partial charge in [0.25, 0.3) is 5.91 Å². The Morgan fingerprint density at radius 3 is 2.53 bits per heavy atom. The van der Waals surface area contributed by atoms with E-state index in [1.54, 1.807) is 39.2 Å². The predicted octanol–water partition coefficient (Wildman–Crippen LogP) is 3.13. The molecule has 1 aromatic carbocycles. The van der Waals surface area contributed by atoms with Gasteiger partial charge in [-0.2, -0.15) is 5.10 Å². The van der Waals surface area contributed by atoms with Gasteiger partial charge >= 0.3 is 0 Å². The number of nitrogens with two attached hydrogens (primary N) is 1. The van der Waals surface area contributed by atoms with Gasteiger partial charge in [-0.3, -0.25) is 28.9 Å². The third-order valence-corrected chi connectivity index (χ3v) is 7.16. The molecule has 1 aliphatic rings. The highest BCUT2D eigenvalue weighted by atomic mass is 19.2. The number of halogens is 2. The number of benzene rings is 1. The molecule has 3 amide bonds. The number of nitrogens with zero attached hydrogens (tertiary/aromatic N) is 5. The van der Waals surface area contributed by atoms with Crippen LogP contribution in [0, 0.1) is 24.5 Å². The molecule has 200 valence electrons. The smallest absolute Gasteiger partial charge is 0.252 e. The van der Waals surface area contributed by atoms with Crippen LogP contribution in [-0.4, -0.2) is 50.5 Å². The predicted molar refractivity (Wildman–Crippen MR) is 137 cm³/mol. The van der Waals surface area contributed by atoms with Crippen molar-refractivity contribution < 1.29 is 23.2 Å². The number of hydrogen-bond acceptors (Lipinski definition) is 6. The Labute approximate surface area is 219 Å². The minimum absolute atomic E-state index is 0.0654. The summed E-state index contributed by atoms with van der Waals surface area (Å²) < 4.78 is 30.5. The average Bonchev–Trinajstić information content (AvgIpc) is 3.32. The number of anilines is 2. The van der Waals surface area contributed by atoms with Crippen LogP contribution >= 0.6 is 0 Å². The molecule has 1 aliphatic heterocycles. The molecule has 1 fully saturated rings. The third kappa shape index (κ3) is 4.88. The van der Waals surface area contributed by atoms with E-state index in [0.29, 0.717) is 17.8 Å². The zero-order valence-electron chi connectivity index (χ0n) is 21.7. The minimum atomic E-state index is -1.08. The highest BCUT2D eigenvalue weighted by Gasteiger charge is 2.55. The van der Waals surface area contributed by atoms with Crippen molar-refractivity contribution >= 4 is 29.4 Å². The topological polar surface area (TPSA) is 114 Å². The Hall–Kier alpha value is -4.15. The first kappa shape index (κ1) is 26.9. The van der Waals surface area contributed by atoms with Crippen LogP contribution in [-0.2, 0) is 27.9 Å². The van der Waals surface area contributed by atoms with E-state index >= 15 is 0 Å². The number of rotatable bonds is 8. The molecule has 0 radical (unpaired) electrons. The molecular formula is C27H30F2N6O3. The van der Waals surface area contributed by atoms with Crippen molar-refractivity contribution in [2.24, 2.45) is 13.0 Å². The van der Waals surface area contributed by atoms with Crippen LogP contribution in [0.25, 0.3) is 0 Å². The Balaban J connectivity index is 1.63. The van der Waals surface area contributed by atoms with E-state index in [1.165, 1.54) is 41.0 Å². The second-order valence-electron chi connectivity index (χ2n) is 9.57. The van der Waals surface area contributed by atoms with Crippen LogP contribution in [0.3, 0.4) is 0 Å². The molecular weight excluding hydrogens is 494 g/mol. The lowest BCUT2D eigenvalue weighted by atomic mass is 9.80. The molecule has 2 N–H and O–H groups in total. The first-order chi connectivity index (χ1) is 18.0. The van der Waals surface area contributed by atoms with E-state index in [0.717, 1.165) is 4.90 Å². The molecule has 4 rings (SSSR count). The highest BCUT2D eigenvalue weighted by Crippen LogP contribution is 2.36. The number of likely N-dealkylation sites (N-methyl/N-ethyl adjacent to an activating group) is 1. The van der Waals surface area contributed by atoms with Crippen LogP contribution in [0.15, 0.2) is 42.7 Å². The standard InChI is InChI=1S/C27H30F2N6O3/c1-5-17(18-7-6-15(2)23(28)24(18)29)14-22(36)35-25(27(38)33(3)21-9-11-32-34(21)4)19(26(35)37)12-16-8-10-31-20(30)13-16/h6-11,13,17,19,25H,5,12,14H2,1-4H3,(H2,30,31)/t17-,19+,25-/m0/s1. The van der Waals surface area contributed by atoms with Gasteiger partial charge in [-0.1, -0.05) is 19.1 Å². The quantitative estimate of drug-likeness (QED) is 0.453. The largest absolute Gasteiger partial charge is 0.384 e. The van der Waals surface area contributed by atoms with Crippen molar-refractivity contribution in [1.82, 2.24) is 19.7 Å². The number of imide groups is 1. The lowest BCUT2D eigenvalue weighted by molar-refractivity contribution is -0.170. The first-order valence-corrected chi connectivity index (χ1v) is 12.3. The summed E-state index contributed by atoms with van der Waals surface area (Å²) in [6.07, 6.45) is 3.30. The molecule has 3 aromatic rings. The van der Waals surface area contributed by atoms with Crippen LogP contribution in [0.1, 0.15) is 42.4 Å². The number of carbonyl (C=O) groups is 3. The van der Waals surface area contributed by atoms with E-state index in [4.69, 9.17) is 5.73 Å². The normalized spacial score (nSPS) is 17.7. The fraction of sp³-hybridized carbons (Fsp3) is 0.370. The monoisotopic (exact) mass is 524 g/mol. The van der Waals surface area contributed by atoms with Crippen LogP contribution in [0.5, 0.6) is 0 Å². The number of aryl methyl sites for hydroxylation is 2. The molecule has 0 unspecified atom stereocenters. The number of amides is 3. The zero-order valence-corrected chi connectivity index (χ0v) is 21.7. The van der Waals surface area contributed by atoms with Gasteiger partial charge in [0.1, 0.15) is 17.7 Å². The van der Waals surface area contributed by atoms with Crippen LogP contribution in [0.4, 0.5) is 20.4 Å². The number of β-lactam (4-membered cyclic amide) rings is 1. The number of pyridine rings is 1. The summed E-state index contributed by atoms with van der Waals surface area (Å²) in [5, 5.41) is 4.08. The second-order valence-corrected chi connectivity index (χ2v) is 9.57. The SMILES string of the molecule is CC[C@@H](CC(=O)N1C(=O)[C@H](Cc2ccnc(N)c2)[C@H]1C(=O)N(C)c1ccnn1C)c1ccc(C)c(F)c1F. The molecule has 0 spiro atoms. The fourth-order valence-corrected chi connectivity index (χ4v) is 4.95. The van der Waals surface area contributed by atoms with Crippen molar-refractivity contribution in [3.63, 3.8) is 0 Å². The van der Waals surface area contributed by atoms with E-state index in [2.05, 4.69) is 10.1 Å². The highest BCUT2D eigenvalue weighted by molar-refractivity contribution is 6.12. The van der Waals surface area contributed by atoms with Crippen molar-refractivity contribution in [1.29, 1.82) is 0 Å². The summed E-state index contributed by atoms with van der Waals surface area (Å²) in [7, 11) is 3.22. The number of aromatic nitrogens is 3. The maximum atomic E-state index is 14.7. The molecule has 11 heteroatoms. The number of hydrogen-bond donors (Lipinski definition) is 1. The third-order valence-electron chi connectivity index (χ3n) is 7.16. The van der Waals surface area contributed by atoms with Crippen molar-refractivity contribution in [3.8, 4) is 0 Å². The van der Waals surface area contributed by atoms with E-state index in [1.807, 2.05) is 0 Å². The Bertz CT molecular complexity index is 1390. The van der Waals surface area contributed by atoms with Gasteiger partial charge in [0.15, 0.2) is 11.6 Å². The van der Waals surface area contributed by atoms with Gasteiger partial charge in [0.2, 0.25) is 11.8 Å². The second kappa shape index (κ2) is 10.7. The number of nitrogen functional groups attached to an aromatic ring is 1. The molecule has 38 heavy (non-hydrogen) atoms. The maximum Gasteiger partial charge on any atom is 0.252 e. The summed E-state index contributed by atoms with van der Waals surface area (Å²) in [4.78, 5) is 46.7. The van der Waals surface area contributed by atoms with Gasteiger partial charge in [0.05, 0.1) is 12.1 Å². The maximum absolute atomic E-state index is 14.7. The van der Waals surface area contributed by atoms with Gasteiger partial charge in [-0.25, -0.2) is 13.8 Å². The molecule has 3 heterocycles. The van der Waals surface area contributed by atoms with Crippen molar-refractivity contribution in [3.05, 3.63) is 71.1 Å². The number of likely N-dealkylation sites (tertiary alicyclic amines) is 1. The Kier molecular flexibility index (Phi) is 7.56. The molecule has 1 saturated heterocycles. The van der Waals surface area contributed by atoms with Gasteiger partial charge in [0, 0.05) is 32.8 Å². The average molecular weight is 525 g/mol.